The van der Waals surface area contributed by atoms with E-state index in [-0.39, 0.29) is 30.0 Å². The molecule has 0 saturated carbocycles. The summed E-state index contributed by atoms with van der Waals surface area (Å²) in [5, 5.41) is 0. The largest absolute Gasteiger partial charge is 0.368 e. The van der Waals surface area contributed by atoms with Gasteiger partial charge in [0, 0.05) is 38.5 Å². The van der Waals surface area contributed by atoms with Crippen LogP contribution in [0.3, 0.4) is 0 Å². The summed E-state index contributed by atoms with van der Waals surface area (Å²) >= 11 is 0. The Labute approximate surface area is 141 Å². The quantitative estimate of drug-likeness (QED) is 0.840. The number of amides is 2. The SMILES string of the molecule is O=C1CC[C@H]2[C@H](CCN2C(=O)C2CCCO2)N1Cc1ccncc1. The molecule has 2 amide bonds. The molecule has 0 aromatic carbocycles. The Morgan fingerprint density at radius 1 is 1.21 bits per heavy atom. The van der Waals surface area contributed by atoms with Crippen molar-refractivity contribution in [3.05, 3.63) is 30.1 Å². The highest BCUT2D eigenvalue weighted by Crippen LogP contribution is 2.33. The predicted molar refractivity (Wildman–Crippen MR) is 86.9 cm³/mol. The zero-order valence-electron chi connectivity index (χ0n) is 13.8. The Balaban J connectivity index is 1.49. The zero-order valence-corrected chi connectivity index (χ0v) is 13.8. The van der Waals surface area contributed by atoms with Crippen molar-refractivity contribution in [1.82, 2.24) is 14.8 Å². The molecule has 0 aliphatic carbocycles. The van der Waals surface area contributed by atoms with Gasteiger partial charge in [0.2, 0.25) is 5.91 Å². The fraction of sp³-hybridized carbons (Fsp3) is 0.611. The maximum atomic E-state index is 12.7. The van der Waals surface area contributed by atoms with Gasteiger partial charge in [-0.15, -0.1) is 0 Å². The number of hydrogen-bond acceptors (Lipinski definition) is 4. The number of likely N-dealkylation sites (tertiary alicyclic amines) is 2. The van der Waals surface area contributed by atoms with E-state index in [0.29, 0.717) is 19.6 Å². The first-order valence-corrected chi connectivity index (χ1v) is 8.84. The number of rotatable bonds is 3. The summed E-state index contributed by atoms with van der Waals surface area (Å²) in [5.41, 5.74) is 1.09. The number of carbonyl (C=O) groups excluding carboxylic acids is 2. The Hall–Kier alpha value is -1.95. The van der Waals surface area contributed by atoms with Crippen LogP contribution in [0, 0.1) is 0 Å². The maximum Gasteiger partial charge on any atom is 0.252 e. The van der Waals surface area contributed by atoms with Crippen molar-refractivity contribution in [3.63, 3.8) is 0 Å². The van der Waals surface area contributed by atoms with Crippen molar-refractivity contribution in [2.45, 2.75) is 56.8 Å². The zero-order chi connectivity index (χ0) is 16.5. The smallest absolute Gasteiger partial charge is 0.252 e. The van der Waals surface area contributed by atoms with Crippen LogP contribution >= 0.6 is 0 Å². The monoisotopic (exact) mass is 329 g/mol. The second kappa shape index (κ2) is 6.51. The van der Waals surface area contributed by atoms with Crippen LogP contribution in [0.1, 0.15) is 37.7 Å². The summed E-state index contributed by atoms with van der Waals surface area (Å²) in [5.74, 6) is 0.317. The molecule has 1 aromatic rings. The van der Waals surface area contributed by atoms with Gasteiger partial charge in [-0.3, -0.25) is 14.6 Å². The molecule has 128 valence electrons. The molecule has 24 heavy (non-hydrogen) atoms. The van der Waals surface area contributed by atoms with Crippen LogP contribution in [-0.4, -0.2) is 57.9 Å². The van der Waals surface area contributed by atoms with Crippen molar-refractivity contribution in [2.24, 2.45) is 0 Å². The van der Waals surface area contributed by atoms with Crippen molar-refractivity contribution < 1.29 is 14.3 Å². The number of hydrogen-bond donors (Lipinski definition) is 0. The second-order valence-electron chi connectivity index (χ2n) is 6.87. The van der Waals surface area contributed by atoms with E-state index >= 15 is 0 Å². The van der Waals surface area contributed by atoms with Crippen molar-refractivity contribution in [1.29, 1.82) is 0 Å². The molecule has 6 heteroatoms. The summed E-state index contributed by atoms with van der Waals surface area (Å²) in [7, 11) is 0. The Morgan fingerprint density at radius 3 is 2.79 bits per heavy atom. The molecule has 3 atom stereocenters. The average Bonchev–Trinajstić information content (AvgIpc) is 3.27. The molecule has 0 spiro atoms. The molecule has 0 bridgehead atoms. The van der Waals surface area contributed by atoms with E-state index in [1.165, 1.54) is 0 Å². The Morgan fingerprint density at radius 2 is 2.04 bits per heavy atom. The van der Waals surface area contributed by atoms with E-state index in [1.54, 1.807) is 12.4 Å². The minimum atomic E-state index is -0.268. The Kier molecular flexibility index (Phi) is 4.22. The molecule has 4 heterocycles. The van der Waals surface area contributed by atoms with E-state index in [4.69, 9.17) is 4.74 Å². The lowest BCUT2D eigenvalue weighted by Crippen LogP contribution is -2.54. The highest BCUT2D eigenvalue weighted by Gasteiger charge is 2.46. The third kappa shape index (κ3) is 2.79. The number of fused-ring (bicyclic) bond motifs is 1. The highest BCUT2D eigenvalue weighted by atomic mass is 16.5. The van der Waals surface area contributed by atoms with Crippen LogP contribution in [-0.2, 0) is 20.9 Å². The molecule has 6 nitrogen and oxygen atoms in total. The normalized spacial score (nSPS) is 29.8. The second-order valence-corrected chi connectivity index (χ2v) is 6.87. The van der Waals surface area contributed by atoms with Crippen LogP contribution in [0.5, 0.6) is 0 Å². The first kappa shape index (κ1) is 15.6. The number of pyridine rings is 1. The fourth-order valence-corrected chi connectivity index (χ4v) is 4.27. The van der Waals surface area contributed by atoms with Gasteiger partial charge in [0.25, 0.3) is 5.91 Å². The molecule has 1 aromatic heterocycles. The number of ether oxygens (including phenoxy) is 1. The van der Waals surface area contributed by atoms with E-state index in [1.807, 2.05) is 21.9 Å². The third-order valence-corrected chi connectivity index (χ3v) is 5.48. The van der Waals surface area contributed by atoms with Crippen LogP contribution < -0.4 is 0 Å². The standard InChI is InChI=1S/C18H23N3O3/c22-17-4-3-14-15(21(17)12-13-5-8-19-9-6-13)7-10-20(14)18(23)16-2-1-11-24-16/h5-6,8-9,14-16H,1-4,7,10-12H2/t14-,15-,16?/m0/s1. The van der Waals surface area contributed by atoms with E-state index in [9.17, 15) is 9.59 Å². The number of aromatic nitrogens is 1. The van der Waals surface area contributed by atoms with Gasteiger partial charge in [0.05, 0.1) is 12.1 Å². The van der Waals surface area contributed by atoms with Crippen molar-refractivity contribution >= 4 is 11.8 Å². The van der Waals surface area contributed by atoms with Crippen LogP contribution in [0.2, 0.25) is 0 Å². The topological polar surface area (TPSA) is 62.7 Å². The van der Waals surface area contributed by atoms with Gasteiger partial charge in [-0.05, 0) is 43.4 Å². The van der Waals surface area contributed by atoms with Crippen LogP contribution in [0.15, 0.2) is 24.5 Å². The molecule has 3 aliphatic rings. The summed E-state index contributed by atoms with van der Waals surface area (Å²) in [4.78, 5) is 33.2. The van der Waals surface area contributed by atoms with Gasteiger partial charge >= 0.3 is 0 Å². The molecule has 0 N–H and O–H groups in total. The number of piperidine rings is 1. The first-order valence-electron chi connectivity index (χ1n) is 8.84. The molecule has 1 unspecified atom stereocenters. The summed E-state index contributed by atoms with van der Waals surface area (Å²) < 4.78 is 5.57. The van der Waals surface area contributed by atoms with E-state index in [2.05, 4.69) is 4.98 Å². The van der Waals surface area contributed by atoms with Gasteiger partial charge in [-0.1, -0.05) is 0 Å². The minimum absolute atomic E-state index is 0.123. The summed E-state index contributed by atoms with van der Waals surface area (Å²) in [6, 6.07) is 4.16. The molecule has 0 radical (unpaired) electrons. The van der Waals surface area contributed by atoms with Crippen LogP contribution in [0.25, 0.3) is 0 Å². The third-order valence-electron chi connectivity index (χ3n) is 5.48. The van der Waals surface area contributed by atoms with E-state index in [0.717, 1.165) is 37.8 Å². The van der Waals surface area contributed by atoms with Gasteiger partial charge < -0.3 is 14.5 Å². The van der Waals surface area contributed by atoms with Gasteiger partial charge in [0.15, 0.2) is 0 Å². The van der Waals surface area contributed by atoms with Gasteiger partial charge in [-0.2, -0.15) is 0 Å². The minimum Gasteiger partial charge on any atom is -0.368 e. The molecular formula is C18H23N3O3. The lowest BCUT2D eigenvalue weighted by atomic mass is 9.95. The van der Waals surface area contributed by atoms with Crippen molar-refractivity contribution in [3.8, 4) is 0 Å². The van der Waals surface area contributed by atoms with Gasteiger partial charge in [-0.25, -0.2) is 0 Å². The number of nitrogens with zero attached hydrogens (tertiary/aromatic N) is 3. The summed E-state index contributed by atoms with van der Waals surface area (Å²) in [6.45, 7) is 2.02. The fourth-order valence-electron chi connectivity index (χ4n) is 4.27. The molecule has 4 rings (SSSR count). The van der Waals surface area contributed by atoms with Crippen LogP contribution in [0.4, 0.5) is 0 Å². The van der Waals surface area contributed by atoms with E-state index < -0.39 is 0 Å². The highest BCUT2D eigenvalue weighted by molar-refractivity contribution is 5.83. The van der Waals surface area contributed by atoms with Gasteiger partial charge in [0.1, 0.15) is 6.10 Å². The molecular weight excluding hydrogens is 306 g/mol. The maximum absolute atomic E-state index is 12.7. The number of carbonyl (C=O) groups is 2. The predicted octanol–water partition coefficient (Wildman–Crippen LogP) is 1.35. The Bertz CT molecular complexity index is 615. The summed E-state index contributed by atoms with van der Waals surface area (Å²) in [6.07, 6.45) is 7.18. The van der Waals surface area contributed by atoms with Crippen molar-refractivity contribution in [2.75, 3.05) is 13.2 Å². The molecule has 3 saturated heterocycles. The molecule has 3 fully saturated rings. The lowest BCUT2D eigenvalue weighted by molar-refractivity contribution is -0.147. The molecule has 3 aliphatic heterocycles. The average molecular weight is 329 g/mol. The first-order chi connectivity index (χ1) is 11.7. The lowest BCUT2D eigenvalue weighted by Gasteiger charge is -2.40.